The Labute approximate surface area is 266 Å². The molecule has 0 aromatic rings. The second-order valence-corrected chi connectivity index (χ2v) is 15.0. The number of aliphatic carboxylic acids is 2. The number of fused-ring (bicyclic) bond motifs is 1. The highest BCUT2D eigenvalue weighted by Crippen LogP contribution is 2.42. The van der Waals surface area contributed by atoms with Crippen LogP contribution in [0.15, 0.2) is 40.1 Å². The third kappa shape index (κ3) is 7.51. The quantitative estimate of drug-likeness (QED) is 0.175. The first-order chi connectivity index (χ1) is 20.7. The van der Waals surface area contributed by atoms with Crippen LogP contribution >= 0.6 is 35.3 Å². The number of nitrogens with one attached hydrogen (secondary N) is 1. The Kier molecular flexibility index (Phi) is 10.6. The normalized spacial score (nSPS) is 24.2. The van der Waals surface area contributed by atoms with Crippen molar-refractivity contribution in [2.45, 2.75) is 56.3 Å². The monoisotopic (exact) mass is 667 g/mol. The summed E-state index contributed by atoms with van der Waals surface area (Å²) in [5, 5.41) is 21.6. The lowest BCUT2D eigenvalue weighted by Crippen LogP contribution is -2.71. The van der Waals surface area contributed by atoms with Gasteiger partial charge < -0.3 is 25.0 Å². The standard InChI is InChI=1S/C28H33N3O10S3/c1-13(32)41-17(11-40-26(39)28(2,3)4)16-12-44-23-19(22(34)31(23)20(16)25(37)38)30-21(33)18(24(35)36)14-5-7-15(8-6-14)29-27-42-9-10-43-27/h5-7,17-19,23,27H,8-12H2,1-4H3,(H,30,33)(H,35,36)(H,37,38)/t17?,18?,19-,23-/m1/s1. The van der Waals surface area contributed by atoms with Crippen LogP contribution in [0.4, 0.5) is 0 Å². The van der Waals surface area contributed by atoms with E-state index in [0.29, 0.717) is 6.42 Å². The maximum atomic E-state index is 13.2. The lowest BCUT2D eigenvalue weighted by Gasteiger charge is -2.50. The summed E-state index contributed by atoms with van der Waals surface area (Å²) in [6.07, 6.45) is 3.95. The van der Waals surface area contributed by atoms with Crippen LogP contribution in [-0.2, 0) is 38.2 Å². The largest absolute Gasteiger partial charge is 0.480 e. The second kappa shape index (κ2) is 13.8. The first-order valence-electron chi connectivity index (χ1n) is 13.7. The molecule has 1 aliphatic carbocycles. The van der Waals surface area contributed by atoms with Gasteiger partial charge in [-0.05, 0) is 32.4 Å². The Hall–Kier alpha value is -3.24. The SMILES string of the molecule is CC(=O)OC(COC(=O)C(C)(C)C)C1=C(C(=O)O)N2C(=O)[C@@H](NC(=O)C(C(=O)O)C3=CCC(=NC4SCCS4)C=C3)[C@H]2SC1. The van der Waals surface area contributed by atoms with Gasteiger partial charge in [-0.1, -0.05) is 12.2 Å². The lowest BCUT2D eigenvalue weighted by molar-refractivity contribution is -0.161. The minimum absolute atomic E-state index is 0.0244. The van der Waals surface area contributed by atoms with Crippen molar-refractivity contribution >= 4 is 76.7 Å². The molecular weight excluding hydrogens is 635 g/mol. The van der Waals surface area contributed by atoms with Gasteiger partial charge in [0, 0.05) is 41.9 Å². The van der Waals surface area contributed by atoms with Gasteiger partial charge in [-0.25, -0.2) is 4.79 Å². The fourth-order valence-electron chi connectivity index (χ4n) is 4.72. The van der Waals surface area contributed by atoms with Crippen molar-refractivity contribution in [3.05, 3.63) is 35.1 Å². The Bertz CT molecular complexity index is 1380. The molecule has 0 saturated carbocycles. The predicted molar refractivity (Wildman–Crippen MR) is 165 cm³/mol. The number of carbonyl (C=O) groups excluding carboxylic acids is 4. The van der Waals surface area contributed by atoms with Crippen molar-refractivity contribution in [2.75, 3.05) is 23.9 Å². The van der Waals surface area contributed by atoms with E-state index in [1.165, 1.54) is 6.08 Å². The van der Waals surface area contributed by atoms with Gasteiger partial charge in [0.05, 0.1) is 5.41 Å². The molecule has 0 spiro atoms. The fraction of sp³-hybridized carbons (Fsp3) is 0.536. The molecule has 0 aromatic carbocycles. The third-order valence-corrected chi connectivity index (χ3v) is 10.9. The van der Waals surface area contributed by atoms with Crippen LogP contribution in [0.2, 0.25) is 0 Å². The molecule has 13 nitrogen and oxygen atoms in total. The topological polar surface area (TPSA) is 189 Å². The Balaban J connectivity index is 1.48. The summed E-state index contributed by atoms with van der Waals surface area (Å²) in [6.45, 7) is 5.55. The number of carbonyl (C=O) groups is 6. The molecule has 0 bridgehead atoms. The van der Waals surface area contributed by atoms with Crippen LogP contribution in [0.5, 0.6) is 0 Å². The van der Waals surface area contributed by atoms with E-state index in [-0.39, 0.29) is 21.6 Å². The van der Waals surface area contributed by atoms with Gasteiger partial charge in [0.2, 0.25) is 5.91 Å². The van der Waals surface area contributed by atoms with E-state index in [4.69, 9.17) is 9.47 Å². The van der Waals surface area contributed by atoms with Crippen LogP contribution in [0.3, 0.4) is 0 Å². The number of thioether (sulfide) groups is 3. The predicted octanol–water partition coefficient (Wildman–Crippen LogP) is 2.04. The van der Waals surface area contributed by atoms with E-state index < -0.39 is 76.8 Å². The molecule has 0 radical (unpaired) electrons. The minimum atomic E-state index is -1.59. The Morgan fingerprint density at radius 2 is 1.80 bits per heavy atom. The molecule has 4 aliphatic rings. The van der Waals surface area contributed by atoms with Crippen molar-refractivity contribution in [1.82, 2.24) is 10.2 Å². The number of rotatable bonds is 10. The van der Waals surface area contributed by atoms with Crippen LogP contribution in [0.25, 0.3) is 0 Å². The molecule has 44 heavy (non-hydrogen) atoms. The molecule has 2 saturated heterocycles. The summed E-state index contributed by atoms with van der Waals surface area (Å²) in [4.78, 5) is 80.6. The van der Waals surface area contributed by atoms with E-state index in [1.807, 2.05) is 0 Å². The maximum absolute atomic E-state index is 13.2. The number of carboxylic acid groups (broad SMARTS) is 2. The van der Waals surface area contributed by atoms with E-state index in [9.17, 15) is 39.0 Å². The molecule has 16 heteroatoms. The van der Waals surface area contributed by atoms with Crippen molar-refractivity contribution in [3.8, 4) is 0 Å². The summed E-state index contributed by atoms with van der Waals surface area (Å²) in [5.74, 6) is -5.48. The fourth-order valence-corrected chi connectivity index (χ4v) is 8.69. The van der Waals surface area contributed by atoms with Crippen molar-refractivity contribution < 1.29 is 48.5 Å². The molecular formula is C28H33N3O10S3. The second-order valence-electron chi connectivity index (χ2n) is 11.2. The van der Waals surface area contributed by atoms with Crippen molar-refractivity contribution in [2.24, 2.45) is 16.3 Å². The molecule has 4 rings (SSSR count). The molecule has 3 N–H and O–H groups in total. The van der Waals surface area contributed by atoms with Crippen LogP contribution in [0.1, 0.15) is 34.1 Å². The summed E-state index contributed by atoms with van der Waals surface area (Å²) in [7, 11) is 0. The number of hydrogen-bond donors (Lipinski definition) is 3. The number of esters is 2. The molecule has 3 aliphatic heterocycles. The van der Waals surface area contributed by atoms with Crippen LogP contribution < -0.4 is 5.32 Å². The van der Waals surface area contributed by atoms with Crippen molar-refractivity contribution in [1.29, 1.82) is 0 Å². The maximum Gasteiger partial charge on any atom is 0.352 e. The summed E-state index contributed by atoms with van der Waals surface area (Å²) in [5.41, 5.74) is -0.223. The zero-order chi connectivity index (χ0) is 32.3. The van der Waals surface area contributed by atoms with E-state index in [0.717, 1.165) is 40.8 Å². The van der Waals surface area contributed by atoms with Gasteiger partial charge in [-0.15, -0.1) is 35.3 Å². The Morgan fingerprint density at radius 1 is 1.11 bits per heavy atom. The van der Waals surface area contributed by atoms with Crippen molar-refractivity contribution in [3.63, 3.8) is 0 Å². The van der Waals surface area contributed by atoms with Gasteiger partial charge >= 0.3 is 23.9 Å². The molecule has 238 valence electrons. The number of allylic oxidation sites excluding steroid dienone is 3. The van der Waals surface area contributed by atoms with Gasteiger partial charge in [-0.3, -0.25) is 33.9 Å². The Morgan fingerprint density at radius 3 is 2.34 bits per heavy atom. The van der Waals surface area contributed by atoms with Gasteiger partial charge in [0.15, 0.2) is 12.0 Å². The number of aliphatic imine (C=N–C) groups is 1. The van der Waals surface area contributed by atoms with E-state index >= 15 is 0 Å². The zero-order valence-corrected chi connectivity index (χ0v) is 26.9. The summed E-state index contributed by atoms with van der Waals surface area (Å²) >= 11 is 4.57. The molecule has 2 fully saturated rings. The molecule has 4 atom stereocenters. The smallest absolute Gasteiger partial charge is 0.352 e. The summed E-state index contributed by atoms with van der Waals surface area (Å²) < 4.78 is 10.7. The molecule has 2 unspecified atom stereocenters. The first-order valence-corrected chi connectivity index (χ1v) is 16.8. The number of nitrogens with zero attached hydrogens (tertiary/aromatic N) is 2. The molecule has 3 heterocycles. The highest BCUT2D eigenvalue weighted by Gasteiger charge is 2.55. The van der Waals surface area contributed by atoms with Gasteiger partial charge in [0.1, 0.15) is 28.4 Å². The van der Waals surface area contributed by atoms with E-state index in [2.05, 4.69) is 10.3 Å². The highest BCUT2D eigenvalue weighted by atomic mass is 32.2. The number of amides is 2. The number of hydrogen-bond acceptors (Lipinski definition) is 12. The molecule has 2 amide bonds. The lowest BCUT2D eigenvalue weighted by atomic mass is 9.91. The van der Waals surface area contributed by atoms with E-state index in [1.54, 1.807) is 56.4 Å². The zero-order valence-electron chi connectivity index (χ0n) is 24.4. The number of ether oxygens (including phenoxy) is 2. The van der Waals surface area contributed by atoms with Crippen LogP contribution in [0, 0.1) is 11.3 Å². The van der Waals surface area contributed by atoms with Gasteiger partial charge in [-0.2, -0.15) is 0 Å². The number of carboxylic acids is 2. The first kappa shape index (κ1) is 33.6. The highest BCUT2D eigenvalue weighted by molar-refractivity contribution is 8.20. The minimum Gasteiger partial charge on any atom is -0.480 e. The molecule has 0 aromatic heterocycles. The van der Waals surface area contributed by atoms with Crippen LogP contribution in [-0.4, -0.2) is 103 Å². The third-order valence-electron chi connectivity index (χ3n) is 6.91. The summed E-state index contributed by atoms with van der Waals surface area (Å²) in [6, 6.07) is -1.18. The number of β-lactam (4-membered cyclic amide) rings is 1. The average Bonchev–Trinajstić information content (AvgIpc) is 3.46. The average molecular weight is 668 g/mol. The van der Waals surface area contributed by atoms with Gasteiger partial charge in [0.25, 0.3) is 5.91 Å².